The highest BCUT2D eigenvalue weighted by atomic mass is 19.1. The van der Waals surface area contributed by atoms with Crippen molar-refractivity contribution in [1.29, 1.82) is 0 Å². The van der Waals surface area contributed by atoms with Crippen LogP contribution in [0.4, 0.5) is 21.5 Å². The number of carbonyl (C=O) groups excluding carboxylic acids is 1. The Hall–Kier alpha value is -3.94. The maximum Gasteiger partial charge on any atom is 0.306 e. The van der Waals surface area contributed by atoms with Crippen molar-refractivity contribution in [3.8, 4) is 11.5 Å². The molecule has 8 heteroatoms. The van der Waals surface area contributed by atoms with Crippen LogP contribution in [0, 0.1) is 15.9 Å². The molecular formula is C20H16FN3O4. The van der Waals surface area contributed by atoms with Crippen LogP contribution in [0.3, 0.4) is 0 Å². The van der Waals surface area contributed by atoms with Crippen LogP contribution in [0.15, 0.2) is 72.8 Å². The van der Waals surface area contributed by atoms with Gasteiger partial charge in [0.25, 0.3) is 0 Å². The lowest BCUT2D eigenvalue weighted by atomic mass is 10.2. The summed E-state index contributed by atoms with van der Waals surface area (Å²) in [6.45, 7) is -0.134. The van der Waals surface area contributed by atoms with E-state index >= 15 is 0 Å². The molecule has 3 aromatic carbocycles. The smallest absolute Gasteiger partial charge is 0.306 e. The van der Waals surface area contributed by atoms with Crippen LogP contribution in [-0.4, -0.2) is 17.4 Å². The zero-order chi connectivity index (χ0) is 19.9. The number of rotatable bonds is 7. The summed E-state index contributed by atoms with van der Waals surface area (Å²) in [6, 6.07) is 19.5. The van der Waals surface area contributed by atoms with Gasteiger partial charge in [0.15, 0.2) is 0 Å². The fourth-order valence-corrected chi connectivity index (χ4v) is 2.38. The number of para-hydroxylation sites is 1. The number of nitro benzene ring substituents is 1. The van der Waals surface area contributed by atoms with Crippen LogP contribution in [0.25, 0.3) is 0 Å². The molecule has 0 aromatic heterocycles. The Morgan fingerprint density at radius 1 is 0.964 bits per heavy atom. The number of nitro groups is 1. The highest BCUT2D eigenvalue weighted by Crippen LogP contribution is 2.23. The van der Waals surface area contributed by atoms with Crippen LogP contribution >= 0.6 is 0 Å². The molecule has 0 saturated heterocycles. The Labute approximate surface area is 159 Å². The van der Waals surface area contributed by atoms with Crippen molar-refractivity contribution in [2.45, 2.75) is 0 Å². The maximum absolute atomic E-state index is 13.3. The number of hydrogen-bond acceptors (Lipinski definition) is 5. The van der Waals surface area contributed by atoms with E-state index in [-0.39, 0.29) is 18.1 Å². The third kappa shape index (κ3) is 5.04. The largest absolute Gasteiger partial charge is 0.457 e. The first-order valence-electron chi connectivity index (χ1n) is 8.32. The van der Waals surface area contributed by atoms with E-state index in [0.717, 1.165) is 12.1 Å². The van der Waals surface area contributed by atoms with Gasteiger partial charge in [-0.05, 0) is 48.5 Å². The number of nitrogens with one attached hydrogen (secondary N) is 2. The summed E-state index contributed by atoms with van der Waals surface area (Å²) in [6.07, 6.45) is 0. The molecule has 0 saturated carbocycles. The molecule has 0 unspecified atom stereocenters. The van der Waals surface area contributed by atoms with Crippen LogP contribution in [0.1, 0.15) is 0 Å². The van der Waals surface area contributed by atoms with Crippen LogP contribution in [-0.2, 0) is 4.79 Å². The molecule has 0 bridgehead atoms. The van der Waals surface area contributed by atoms with Crippen LogP contribution in [0.5, 0.6) is 11.5 Å². The Morgan fingerprint density at radius 3 is 2.29 bits per heavy atom. The number of hydrogen-bond donors (Lipinski definition) is 2. The third-order valence-corrected chi connectivity index (χ3v) is 3.71. The van der Waals surface area contributed by atoms with Gasteiger partial charge in [0.2, 0.25) is 11.7 Å². The topological polar surface area (TPSA) is 93.5 Å². The number of nitrogens with zero attached hydrogens (tertiary/aromatic N) is 1. The SMILES string of the molecule is O=C(CNc1ccc(F)c([N+](=O)[O-])c1)Nc1ccc(Oc2ccccc2)cc1. The summed E-state index contributed by atoms with van der Waals surface area (Å²) in [4.78, 5) is 22.0. The van der Waals surface area contributed by atoms with Gasteiger partial charge in [0, 0.05) is 17.4 Å². The highest BCUT2D eigenvalue weighted by molar-refractivity contribution is 5.93. The molecule has 0 aliphatic rings. The standard InChI is InChI=1S/C20H16FN3O4/c21-18-11-8-15(12-19(18)24(26)27)22-13-20(25)23-14-6-9-17(10-7-14)28-16-4-2-1-3-5-16/h1-12,22H,13H2,(H,23,25). The molecule has 3 rings (SSSR count). The monoisotopic (exact) mass is 381 g/mol. The van der Waals surface area contributed by atoms with Gasteiger partial charge < -0.3 is 15.4 Å². The second-order valence-corrected chi connectivity index (χ2v) is 5.76. The zero-order valence-electron chi connectivity index (χ0n) is 14.6. The van der Waals surface area contributed by atoms with Crippen LogP contribution in [0.2, 0.25) is 0 Å². The molecule has 0 aliphatic heterocycles. The lowest BCUT2D eigenvalue weighted by Gasteiger charge is -2.09. The Bertz CT molecular complexity index is 979. The second-order valence-electron chi connectivity index (χ2n) is 5.76. The Kier molecular flexibility index (Phi) is 5.81. The Morgan fingerprint density at radius 2 is 1.61 bits per heavy atom. The van der Waals surface area contributed by atoms with Gasteiger partial charge >= 0.3 is 5.69 Å². The van der Waals surface area contributed by atoms with Crippen molar-refractivity contribution in [2.75, 3.05) is 17.2 Å². The average Bonchev–Trinajstić information content (AvgIpc) is 2.69. The van der Waals surface area contributed by atoms with E-state index in [1.165, 1.54) is 6.07 Å². The van der Waals surface area contributed by atoms with E-state index in [0.29, 0.717) is 17.2 Å². The number of halogens is 1. The van der Waals surface area contributed by atoms with Gasteiger partial charge in [-0.3, -0.25) is 14.9 Å². The Balaban J connectivity index is 1.53. The van der Waals surface area contributed by atoms with Crippen molar-refractivity contribution >= 4 is 23.0 Å². The van der Waals surface area contributed by atoms with E-state index in [1.807, 2.05) is 30.3 Å². The van der Waals surface area contributed by atoms with Gasteiger partial charge in [0.1, 0.15) is 11.5 Å². The lowest BCUT2D eigenvalue weighted by molar-refractivity contribution is -0.387. The molecule has 1 amide bonds. The van der Waals surface area contributed by atoms with Gasteiger partial charge in [-0.25, -0.2) is 0 Å². The quantitative estimate of drug-likeness (QED) is 0.462. The molecule has 0 fully saturated rings. The van der Waals surface area contributed by atoms with E-state index < -0.39 is 16.4 Å². The van der Waals surface area contributed by atoms with Gasteiger partial charge in [-0.2, -0.15) is 4.39 Å². The molecular weight excluding hydrogens is 365 g/mol. The molecule has 7 nitrogen and oxygen atoms in total. The summed E-state index contributed by atoms with van der Waals surface area (Å²) in [7, 11) is 0. The minimum atomic E-state index is -0.933. The molecule has 0 heterocycles. The van der Waals surface area contributed by atoms with E-state index in [2.05, 4.69) is 10.6 Å². The average molecular weight is 381 g/mol. The van der Waals surface area contributed by atoms with E-state index in [1.54, 1.807) is 24.3 Å². The van der Waals surface area contributed by atoms with Crippen molar-refractivity contribution in [1.82, 2.24) is 0 Å². The minimum absolute atomic E-state index is 0.134. The summed E-state index contributed by atoms with van der Waals surface area (Å²) in [5, 5.41) is 16.2. The zero-order valence-corrected chi connectivity index (χ0v) is 14.6. The number of carbonyl (C=O) groups is 1. The van der Waals surface area contributed by atoms with E-state index in [4.69, 9.17) is 4.74 Å². The summed E-state index contributed by atoms with van der Waals surface area (Å²) in [5.74, 6) is 0.0411. The fourth-order valence-electron chi connectivity index (χ4n) is 2.38. The van der Waals surface area contributed by atoms with Crippen LogP contribution < -0.4 is 15.4 Å². The molecule has 0 atom stereocenters. The third-order valence-electron chi connectivity index (χ3n) is 3.71. The molecule has 142 valence electrons. The maximum atomic E-state index is 13.3. The fraction of sp³-hybridized carbons (Fsp3) is 0.0500. The van der Waals surface area contributed by atoms with Crippen molar-refractivity contribution in [3.05, 3.63) is 88.7 Å². The van der Waals surface area contributed by atoms with Gasteiger partial charge in [-0.1, -0.05) is 18.2 Å². The van der Waals surface area contributed by atoms with Crippen molar-refractivity contribution in [2.24, 2.45) is 0 Å². The number of anilines is 2. The first-order valence-corrected chi connectivity index (χ1v) is 8.32. The normalized spacial score (nSPS) is 10.2. The molecule has 0 spiro atoms. The predicted molar refractivity (Wildman–Crippen MR) is 103 cm³/mol. The predicted octanol–water partition coefficient (Wildman–Crippen LogP) is 4.58. The number of ether oxygens (including phenoxy) is 1. The number of benzene rings is 3. The lowest BCUT2D eigenvalue weighted by Crippen LogP contribution is -2.21. The number of amides is 1. The van der Waals surface area contributed by atoms with E-state index in [9.17, 15) is 19.3 Å². The van der Waals surface area contributed by atoms with Crippen molar-refractivity contribution < 1.29 is 18.8 Å². The van der Waals surface area contributed by atoms with Crippen molar-refractivity contribution in [3.63, 3.8) is 0 Å². The highest BCUT2D eigenvalue weighted by Gasteiger charge is 2.14. The first-order chi connectivity index (χ1) is 13.5. The second kappa shape index (κ2) is 8.63. The molecule has 28 heavy (non-hydrogen) atoms. The van der Waals surface area contributed by atoms with Gasteiger partial charge in [-0.15, -0.1) is 0 Å². The molecule has 2 N–H and O–H groups in total. The summed E-state index contributed by atoms with van der Waals surface area (Å²) < 4.78 is 19.0. The van der Waals surface area contributed by atoms with Gasteiger partial charge in [0.05, 0.1) is 11.5 Å². The first kappa shape index (κ1) is 18.8. The summed E-state index contributed by atoms with van der Waals surface area (Å²) in [5.41, 5.74) is 0.187. The summed E-state index contributed by atoms with van der Waals surface area (Å²) >= 11 is 0. The molecule has 0 radical (unpaired) electrons. The molecule has 3 aromatic rings. The molecule has 0 aliphatic carbocycles. The minimum Gasteiger partial charge on any atom is -0.457 e.